The van der Waals surface area contributed by atoms with Crippen LogP contribution in [0, 0.1) is 0 Å². The molecule has 4 heteroatoms. The fourth-order valence-corrected chi connectivity index (χ4v) is 0.371. The summed E-state index contributed by atoms with van der Waals surface area (Å²) in [6, 6.07) is 0. The van der Waals surface area contributed by atoms with Crippen LogP contribution in [0.1, 0.15) is 0 Å². The van der Waals surface area contributed by atoms with Gasteiger partial charge in [0.2, 0.25) is 0 Å². The smallest absolute Gasteiger partial charge is 0.109 e. The van der Waals surface area contributed by atoms with Crippen molar-refractivity contribution in [3.63, 3.8) is 0 Å². The summed E-state index contributed by atoms with van der Waals surface area (Å²) in [6.07, 6.45) is 0. The van der Waals surface area contributed by atoms with Crippen molar-refractivity contribution >= 4 is 0 Å². The van der Waals surface area contributed by atoms with E-state index in [9.17, 15) is 0 Å². The lowest BCUT2D eigenvalue weighted by atomic mass is 10.7. The molecular weight excluding hydrogens is 116 g/mol. The molecule has 0 saturated carbocycles. The van der Waals surface area contributed by atoms with Crippen molar-refractivity contribution in [3.8, 4) is 0 Å². The number of hydrazine groups is 1. The molecule has 0 aliphatic carbocycles. The van der Waals surface area contributed by atoms with Gasteiger partial charge in [-0.15, -0.1) is 0 Å². The van der Waals surface area contributed by atoms with E-state index in [0.29, 0.717) is 6.67 Å². The second-order valence-electron chi connectivity index (χ2n) is 1.61. The van der Waals surface area contributed by atoms with E-state index in [1.165, 1.54) is 0 Å². The average molecular weight is 130 g/mol. The van der Waals surface area contributed by atoms with E-state index in [2.05, 4.69) is 17.3 Å². The zero-order chi connectivity index (χ0) is 7.28. The zero-order valence-electron chi connectivity index (χ0n) is 5.94. The van der Waals surface area contributed by atoms with Crippen LogP contribution in [0.3, 0.4) is 0 Å². The Morgan fingerprint density at radius 1 is 1.78 bits per heavy atom. The van der Waals surface area contributed by atoms with Crippen molar-refractivity contribution in [3.05, 3.63) is 12.4 Å². The second kappa shape index (κ2) is 4.17. The molecule has 0 heterocycles. The van der Waals surface area contributed by atoms with Crippen LogP contribution >= 0.6 is 0 Å². The lowest BCUT2D eigenvalue weighted by Crippen LogP contribution is -2.37. The summed E-state index contributed by atoms with van der Waals surface area (Å²) in [4.78, 5) is 0. The van der Waals surface area contributed by atoms with E-state index < -0.39 is 0 Å². The van der Waals surface area contributed by atoms with Gasteiger partial charge in [-0.3, -0.25) is 5.01 Å². The van der Waals surface area contributed by atoms with E-state index in [0.717, 1.165) is 5.82 Å². The predicted molar refractivity (Wildman–Crippen MR) is 38.2 cm³/mol. The highest BCUT2D eigenvalue weighted by Gasteiger charge is 1.93. The van der Waals surface area contributed by atoms with Gasteiger partial charge in [-0.1, -0.05) is 6.58 Å². The zero-order valence-corrected chi connectivity index (χ0v) is 5.94. The Morgan fingerprint density at radius 2 is 2.33 bits per heavy atom. The summed E-state index contributed by atoms with van der Waals surface area (Å²) >= 11 is 0. The maximum absolute atomic E-state index is 5.20. The molecule has 0 aromatic heterocycles. The van der Waals surface area contributed by atoms with Crippen molar-refractivity contribution in [1.82, 2.24) is 15.8 Å². The quantitative estimate of drug-likeness (QED) is 0.338. The fraction of sp³-hybridized carbons (Fsp3) is 0.600. The average Bonchev–Trinajstić information content (AvgIpc) is 1.87. The molecule has 0 bridgehead atoms. The first-order valence-corrected chi connectivity index (χ1v) is 2.76. The van der Waals surface area contributed by atoms with Crippen LogP contribution in [0.4, 0.5) is 0 Å². The number of nitrogens with two attached hydrogens (primary N) is 1. The van der Waals surface area contributed by atoms with Gasteiger partial charge in [0.25, 0.3) is 0 Å². The van der Waals surface area contributed by atoms with Gasteiger partial charge in [-0.2, -0.15) is 0 Å². The van der Waals surface area contributed by atoms with Gasteiger partial charge in [0.1, 0.15) is 5.82 Å². The van der Waals surface area contributed by atoms with Gasteiger partial charge < -0.3 is 11.1 Å². The van der Waals surface area contributed by atoms with Gasteiger partial charge in [-0.05, 0) is 0 Å². The minimum Gasteiger partial charge on any atom is -0.359 e. The van der Waals surface area contributed by atoms with E-state index in [1.54, 1.807) is 5.01 Å². The van der Waals surface area contributed by atoms with Gasteiger partial charge in [-0.25, -0.2) is 5.43 Å². The third kappa shape index (κ3) is 2.94. The summed E-state index contributed by atoms with van der Waals surface area (Å²) < 4.78 is 0. The Labute approximate surface area is 55.7 Å². The van der Waals surface area contributed by atoms with Crippen molar-refractivity contribution in [2.75, 3.05) is 20.8 Å². The Bertz CT molecular complexity index is 91.0. The van der Waals surface area contributed by atoms with E-state index >= 15 is 0 Å². The second-order valence-corrected chi connectivity index (χ2v) is 1.61. The third-order valence-corrected chi connectivity index (χ3v) is 1.05. The molecule has 4 nitrogen and oxygen atoms in total. The van der Waals surface area contributed by atoms with Gasteiger partial charge >= 0.3 is 0 Å². The van der Waals surface area contributed by atoms with Crippen LogP contribution in [-0.2, 0) is 0 Å². The number of hydrogen-bond acceptors (Lipinski definition) is 4. The van der Waals surface area contributed by atoms with Crippen molar-refractivity contribution in [1.29, 1.82) is 0 Å². The van der Waals surface area contributed by atoms with Crippen LogP contribution in [0.25, 0.3) is 0 Å². The number of rotatable bonds is 4. The first-order chi connectivity index (χ1) is 4.22. The number of nitrogens with zero attached hydrogens (tertiary/aromatic N) is 1. The molecule has 0 radical (unpaired) electrons. The Kier molecular flexibility index (Phi) is 3.83. The van der Waals surface area contributed by atoms with E-state index in [4.69, 9.17) is 5.73 Å². The van der Waals surface area contributed by atoms with E-state index in [1.807, 2.05) is 14.1 Å². The molecule has 0 unspecified atom stereocenters. The van der Waals surface area contributed by atoms with Crippen LogP contribution < -0.4 is 16.5 Å². The Morgan fingerprint density at radius 3 is 2.67 bits per heavy atom. The molecule has 0 spiro atoms. The van der Waals surface area contributed by atoms with Crippen molar-refractivity contribution in [2.24, 2.45) is 5.73 Å². The van der Waals surface area contributed by atoms with Gasteiger partial charge in [0.15, 0.2) is 0 Å². The summed E-state index contributed by atoms with van der Waals surface area (Å²) in [6.45, 7) is 4.10. The first kappa shape index (κ1) is 8.26. The molecule has 0 amide bonds. The Hall–Kier alpha value is -0.740. The molecule has 9 heavy (non-hydrogen) atoms. The molecular formula is C5H14N4. The fourth-order valence-electron chi connectivity index (χ4n) is 0.371. The predicted octanol–water partition coefficient (Wildman–Crippen LogP) is -0.970. The van der Waals surface area contributed by atoms with Crippen LogP contribution in [0.5, 0.6) is 0 Å². The first-order valence-electron chi connectivity index (χ1n) is 2.76. The molecule has 0 atom stereocenters. The van der Waals surface area contributed by atoms with Gasteiger partial charge in [0, 0.05) is 14.1 Å². The normalized spacial score (nSPS) is 8.78. The lowest BCUT2D eigenvalue weighted by molar-refractivity contribution is 0.310. The van der Waals surface area contributed by atoms with Crippen molar-refractivity contribution < 1.29 is 0 Å². The molecule has 4 N–H and O–H groups in total. The minimum atomic E-state index is 0.408. The van der Waals surface area contributed by atoms with E-state index in [-0.39, 0.29) is 0 Å². The standard InChI is InChI=1S/C5H14N4/c1-5(8-4-6)9(3)7-2/h7-8H,1,4,6H2,2-3H3. The summed E-state index contributed by atoms with van der Waals surface area (Å²) in [5, 5.41) is 4.59. The summed E-state index contributed by atoms with van der Waals surface area (Å²) in [5.41, 5.74) is 8.06. The molecule has 0 fully saturated rings. The summed E-state index contributed by atoms with van der Waals surface area (Å²) in [5.74, 6) is 0.764. The van der Waals surface area contributed by atoms with Crippen LogP contribution in [-0.4, -0.2) is 25.8 Å². The highest BCUT2D eigenvalue weighted by Crippen LogP contribution is 1.83. The highest BCUT2D eigenvalue weighted by molar-refractivity contribution is 4.85. The lowest BCUT2D eigenvalue weighted by Gasteiger charge is -2.19. The van der Waals surface area contributed by atoms with Crippen LogP contribution in [0.2, 0.25) is 0 Å². The highest BCUT2D eigenvalue weighted by atomic mass is 15.5. The maximum atomic E-state index is 5.20. The molecule has 0 aliphatic heterocycles. The van der Waals surface area contributed by atoms with Crippen LogP contribution in [0.15, 0.2) is 12.4 Å². The molecule has 0 aromatic carbocycles. The SMILES string of the molecule is C=C(NCN)N(C)NC. The summed E-state index contributed by atoms with van der Waals surface area (Å²) in [7, 11) is 3.66. The topological polar surface area (TPSA) is 53.3 Å². The molecule has 0 saturated heterocycles. The largest absolute Gasteiger partial charge is 0.359 e. The maximum Gasteiger partial charge on any atom is 0.109 e. The molecule has 0 aliphatic rings. The third-order valence-electron chi connectivity index (χ3n) is 1.05. The molecule has 0 rings (SSSR count). The minimum absolute atomic E-state index is 0.408. The Balaban J connectivity index is 3.46. The number of nitrogens with one attached hydrogen (secondary N) is 2. The monoisotopic (exact) mass is 130 g/mol. The van der Waals surface area contributed by atoms with Crippen molar-refractivity contribution in [2.45, 2.75) is 0 Å². The number of hydrogen-bond donors (Lipinski definition) is 3. The molecule has 54 valence electrons. The van der Waals surface area contributed by atoms with Gasteiger partial charge in [0.05, 0.1) is 6.67 Å². The molecule has 0 aromatic rings.